The van der Waals surface area contributed by atoms with E-state index in [1.807, 2.05) is 61.5 Å². The fraction of sp³-hybridized carbons (Fsp3) is 0.176. The molecular formula is C17H18BrN3O. The van der Waals surface area contributed by atoms with Crippen molar-refractivity contribution in [1.82, 2.24) is 5.43 Å². The first-order valence-electron chi connectivity index (χ1n) is 7.09. The molecule has 4 nitrogen and oxygen atoms in total. The number of rotatable bonds is 6. The summed E-state index contributed by atoms with van der Waals surface area (Å²) in [5.74, 6) is -0.155. The summed E-state index contributed by atoms with van der Waals surface area (Å²) in [7, 11) is 0. The van der Waals surface area contributed by atoms with Crippen LogP contribution in [0.2, 0.25) is 0 Å². The first kappa shape index (κ1) is 16.2. The first-order chi connectivity index (χ1) is 10.7. The topological polar surface area (TPSA) is 53.5 Å². The highest BCUT2D eigenvalue weighted by atomic mass is 79.9. The number of nitrogens with one attached hydrogen (secondary N) is 2. The third kappa shape index (κ3) is 5.00. The summed E-state index contributed by atoms with van der Waals surface area (Å²) in [6, 6.07) is 17.0. The molecule has 1 atom stereocenters. The molecule has 0 aliphatic heterocycles. The molecule has 22 heavy (non-hydrogen) atoms. The Balaban J connectivity index is 1.91. The summed E-state index contributed by atoms with van der Waals surface area (Å²) in [4.78, 5) is 12.1. The zero-order valence-electron chi connectivity index (χ0n) is 12.3. The maximum Gasteiger partial charge on any atom is 0.262 e. The average molecular weight is 360 g/mol. The quantitative estimate of drug-likeness (QED) is 0.608. The van der Waals surface area contributed by atoms with E-state index >= 15 is 0 Å². The van der Waals surface area contributed by atoms with Crippen molar-refractivity contribution in [1.29, 1.82) is 0 Å². The molecule has 0 aromatic heterocycles. The lowest BCUT2D eigenvalue weighted by molar-refractivity contribution is -0.121. The number of amides is 1. The minimum atomic E-state index is -0.325. The summed E-state index contributed by atoms with van der Waals surface area (Å²) >= 11 is 3.39. The van der Waals surface area contributed by atoms with Gasteiger partial charge in [0.2, 0.25) is 0 Å². The second-order valence-corrected chi connectivity index (χ2v) is 5.67. The van der Waals surface area contributed by atoms with Crippen molar-refractivity contribution in [3.63, 3.8) is 0 Å². The Morgan fingerprint density at radius 1 is 1.18 bits per heavy atom. The smallest absolute Gasteiger partial charge is 0.262 e. The van der Waals surface area contributed by atoms with Gasteiger partial charge in [-0.15, -0.1) is 0 Å². The summed E-state index contributed by atoms with van der Waals surface area (Å²) < 4.78 is 1.00. The highest BCUT2D eigenvalue weighted by Crippen LogP contribution is 2.15. The van der Waals surface area contributed by atoms with Gasteiger partial charge in [0.05, 0.1) is 6.21 Å². The molecule has 2 aromatic rings. The fourth-order valence-corrected chi connectivity index (χ4v) is 2.15. The van der Waals surface area contributed by atoms with Crippen molar-refractivity contribution in [3.05, 3.63) is 64.6 Å². The van der Waals surface area contributed by atoms with E-state index in [-0.39, 0.29) is 11.9 Å². The van der Waals surface area contributed by atoms with Gasteiger partial charge >= 0.3 is 0 Å². The predicted octanol–water partition coefficient (Wildman–Crippen LogP) is 3.79. The van der Waals surface area contributed by atoms with Crippen LogP contribution in [0.15, 0.2) is 64.2 Å². The van der Waals surface area contributed by atoms with Gasteiger partial charge in [0.1, 0.15) is 6.04 Å². The van der Waals surface area contributed by atoms with Crippen LogP contribution >= 0.6 is 15.9 Å². The molecule has 0 unspecified atom stereocenters. The molecule has 1 amide bonds. The van der Waals surface area contributed by atoms with Crippen molar-refractivity contribution in [2.75, 3.05) is 5.32 Å². The van der Waals surface area contributed by atoms with Crippen LogP contribution in [0.5, 0.6) is 0 Å². The number of hydrogen-bond acceptors (Lipinski definition) is 3. The Bertz CT molecular complexity index is 626. The van der Waals surface area contributed by atoms with E-state index in [1.54, 1.807) is 6.21 Å². The Labute approximate surface area is 138 Å². The molecule has 0 saturated carbocycles. The normalized spacial score (nSPS) is 12.1. The van der Waals surface area contributed by atoms with Crippen molar-refractivity contribution in [2.24, 2.45) is 5.10 Å². The maximum absolute atomic E-state index is 12.1. The zero-order valence-corrected chi connectivity index (χ0v) is 13.9. The van der Waals surface area contributed by atoms with Crippen LogP contribution in [-0.2, 0) is 4.79 Å². The number of carbonyl (C=O) groups is 1. The Morgan fingerprint density at radius 2 is 1.86 bits per heavy atom. The van der Waals surface area contributed by atoms with Crippen molar-refractivity contribution in [3.8, 4) is 0 Å². The largest absolute Gasteiger partial charge is 0.374 e. The molecule has 0 aliphatic carbocycles. The van der Waals surface area contributed by atoms with Gasteiger partial charge in [-0.1, -0.05) is 53.2 Å². The standard InChI is InChI=1S/C17H18BrN3O/c1-2-16(20-15-10-8-14(18)9-11-15)17(22)21-19-12-13-6-4-3-5-7-13/h3-12,16,20H,2H2,1H3,(H,21,22)/b19-12-/t16-/m0/s1. The molecule has 0 fully saturated rings. The van der Waals surface area contributed by atoms with Gasteiger partial charge in [-0.3, -0.25) is 4.79 Å². The molecule has 0 bridgehead atoms. The van der Waals surface area contributed by atoms with Gasteiger partial charge in [-0.25, -0.2) is 5.43 Å². The van der Waals surface area contributed by atoms with Crippen LogP contribution in [0.25, 0.3) is 0 Å². The second kappa shape index (κ2) is 8.34. The summed E-state index contributed by atoms with van der Waals surface area (Å²) in [5.41, 5.74) is 4.41. The molecule has 0 heterocycles. The van der Waals surface area contributed by atoms with Gasteiger partial charge in [0.15, 0.2) is 0 Å². The number of nitrogens with zero attached hydrogens (tertiary/aromatic N) is 1. The molecule has 2 aromatic carbocycles. The molecule has 2 N–H and O–H groups in total. The highest BCUT2D eigenvalue weighted by molar-refractivity contribution is 9.10. The molecule has 5 heteroatoms. The Hall–Kier alpha value is -2.14. The van der Waals surface area contributed by atoms with E-state index in [0.29, 0.717) is 6.42 Å². The van der Waals surface area contributed by atoms with Gasteiger partial charge in [0, 0.05) is 10.2 Å². The second-order valence-electron chi connectivity index (χ2n) is 4.76. The van der Waals surface area contributed by atoms with Crippen molar-refractivity contribution >= 4 is 33.7 Å². The molecule has 114 valence electrons. The van der Waals surface area contributed by atoms with Crippen LogP contribution in [0.1, 0.15) is 18.9 Å². The van der Waals surface area contributed by atoms with Gasteiger partial charge in [0.25, 0.3) is 5.91 Å². The molecule has 2 rings (SSSR count). The highest BCUT2D eigenvalue weighted by Gasteiger charge is 2.15. The number of hydrazone groups is 1. The third-order valence-electron chi connectivity index (χ3n) is 3.10. The predicted molar refractivity (Wildman–Crippen MR) is 94.0 cm³/mol. The number of benzene rings is 2. The van der Waals surface area contributed by atoms with E-state index in [9.17, 15) is 4.79 Å². The van der Waals surface area contributed by atoms with E-state index in [2.05, 4.69) is 31.8 Å². The molecular weight excluding hydrogens is 342 g/mol. The van der Waals surface area contributed by atoms with Crippen LogP contribution in [0, 0.1) is 0 Å². The maximum atomic E-state index is 12.1. The first-order valence-corrected chi connectivity index (χ1v) is 7.88. The van der Waals surface area contributed by atoms with Crippen molar-refractivity contribution < 1.29 is 4.79 Å². The minimum absolute atomic E-state index is 0.155. The minimum Gasteiger partial charge on any atom is -0.374 e. The van der Waals surface area contributed by atoms with E-state index in [4.69, 9.17) is 0 Å². The SMILES string of the molecule is CC[C@H](Nc1ccc(Br)cc1)C(=O)N/N=C\c1ccccc1. The summed E-state index contributed by atoms with van der Waals surface area (Å²) in [5, 5.41) is 7.19. The number of hydrogen-bond donors (Lipinski definition) is 2. The van der Waals surface area contributed by atoms with E-state index in [1.165, 1.54) is 0 Å². The Kier molecular flexibility index (Phi) is 6.15. The van der Waals surface area contributed by atoms with Crippen molar-refractivity contribution in [2.45, 2.75) is 19.4 Å². The van der Waals surface area contributed by atoms with Crippen LogP contribution in [0.4, 0.5) is 5.69 Å². The molecule has 0 spiro atoms. The molecule has 0 saturated heterocycles. The van der Waals surface area contributed by atoms with Crippen LogP contribution in [0.3, 0.4) is 0 Å². The summed E-state index contributed by atoms with van der Waals surface area (Å²) in [6.45, 7) is 1.96. The summed E-state index contributed by atoms with van der Waals surface area (Å²) in [6.07, 6.45) is 2.30. The Morgan fingerprint density at radius 3 is 2.50 bits per heavy atom. The lowest BCUT2D eigenvalue weighted by atomic mass is 10.2. The average Bonchev–Trinajstić information content (AvgIpc) is 2.55. The lowest BCUT2D eigenvalue weighted by Crippen LogP contribution is -2.36. The third-order valence-corrected chi connectivity index (χ3v) is 3.63. The van der Waals surface area contributed by atoms with Gasteiger partial charge in [-0.2, -0.15) is 5.10 Å². The van der Waals surface area contributed by atoms with E-state index < -0.39 is 0 Å². The van der Waals surface area contributed by atoms with Gasteiger partial charge in [-0.05, 0) is 36.2 Å². The zero-order chi connectivity index (χ0) is 15.8. The fourth-order valence-electron chi connectivity index (χ4n) is 1.89. The van der Waals surface area contributed by atoms with Crippen LogP contribution in [-0.4, -0.2) is 18.2 Å². The van der Waals surface area contributed by atoms with Crippen LogP contribution < -0.4 is 10.7 Å². The molecule has 0 radical (unpaired) electrons. The number of anilines is 1. The monoisotopic (exact) mass is 359 g/mol. The lowest BCUT2D eigenvalue weighted by Gasteiger charge is -2.16. The molecule has 0 aliphatic rings. The van der Waals surface area contributed by atoms with Gasteiger partial charge < -0.3 is 5.32 Å². The number of halogens is 1. The van der Waals surface area contributed by atoms with E-state index in [0.717, 1.165) is 15.7 Å². The number of carbonyl (C=O) groups excluding carboxylic acids is 1.